The first-order valence-electron chi connectivity index (χ1n) is 6.08. The maximum atomic E-state index is 11.6. The van der Waals surface area contributed by atoms with Gasteiger partial charge in [-0.15, -0.1) is 0 Å². The van der Waals surface area contributed by atoms with Crippen LogP contribution < -0.4 is 0 Å². The highest BCUT2D eigenvalue weighted by molar-refractivity contribution is 5.72. The molecule has 3 nitrogen and oxygen atoms in total. The van der Waals surface area contributed by atoms with Gasteiger partial charge in [-0.3, -0.25) is 4.79 Å². The van der Waals surface area contributed by atoms with E-state index in [1.807, 2.05) is 0 Å². The number of hydrogen-bond donors (Lipinski definition) is 1. The molecule has 3 heteroatoms. The van der Waals surface area contributed by atoms with Crippen molar-refractivity contribution in [3.05, 3.63) is 0 Å². The molecule has 1 N–H and O–H groups in total. The highest BCUT2D eigenvalue weighted by Crippen LogP contribution is 2.44. The lowest BCUT2D eigenvalue weighted by Gasteiger charge is -2.41. The van der Waals surface area contributed by atoms with Crippen LogP contribution in [0.15, 0.2) is 0 Å². The minimum Gasteiger partial charge on any atom is -0.469 e. The number of methoxy groups -OCH3 is 1. The van der Waals surface area contributed by atoms with Crippen LogP contribution >= 0.6 is 0 Å². The maximum absolute atomic E-state index is 11.6. The van der Waals surface area contributed by atoms with Gasteiger partial charge in [0, 0.05) is 0 Å². The van der Waals surface area contributed by atoms with E-state index >= 15 is 0 Å². The summed E-state index contributed by atoms with van der Waals surface area (Å²) < 4.78 is 4.76. The summed E-state index contributed by atoms with van der Waals surface area (Å²) in [6.07, 6.45) is 3.21. The third-order valence-electron chi connectivity index (χ3n) is 3.69. The van der Waals surface area contributed by atoms with E-state index in [2.05, 4.69) is 20.8 Å². The number of carbonyl (C=O) groups excluding carboxylic acids is 1. The predicted molar refractivity (Wildman–Crippen MR) is 62.9 cm³/mol. The van der Waals surface area contributed by atoms with E-state index in [1.165, 1.54) is 13.5 Å². The second kappa shape index (κ2) is 5.17. The van der Waals surface area contributed by atoms with Crippen molar-refractivity contribution >= 4 is 5.97 Å². The molecule has 0 heterocycles. The summed E-state index contributed by atoms with van der Waals surface area (Å²) in [5, 5.41) is 9.34. The summed E-state index contributed by atoms with van der Waals surface area (Å²) in [6, 6.07) is 0. The van der Waals surface area contributed by atoms with Crippen LogP contribution in [0.5, 0.6) is 0 Å². The Morgan fingerprint density at radius 2 is 2.12 bits per heavy atom. The largest absolute Gasteiger partial charge is 0.469 e. The number of rotatable bonds is 3. The summed E-state index contributed by atoms with van der Waals surface area (Å²) in [4.78, 5) is 11.6. The van der Waals surface area contributed by atoms with Crippen LogP contribution in [0.1, 0.15) is 40.0 Å². The zero-order valence-corrected chi connectivity index (χ0v) is 10.8. The van der Waals surface area contributed by atoms with Gasteiger partial charge < -0.3 is 9.84 Å². The number of esters is 1. The fraction of sp³-hybridized carbons (Fsp3) is 0.923. The average Bonchev–Trinajstić information content (AvgIpc) is 2.15. The summed E-state index contributed by atoms with van der Waals surface area (Å²) >= 11 is 0. The lowest BCUT2D eigenvalue weighted by molar-refractivity contribution is -0.150. The zero-order valence-electron chi connectivity index (χ0n) is 10.8. The Bertz CT molecular complexity index is 248. The Morgan fingerprint density at radius 3 is 2.56 bits per heavy atom. The summed E-state index contributed by atoms with van der Waals surface area (Å²) in [5.41, 5.74) is 0.268. The zero-order chi connectivity index (χ0) is 12.3. The Labute approximate surface area is 98.2 Å². The lowest BCUT2D eigenvalue weighted by atomic mass is 9.65. The smallest absolute Gasteiger partial charge is 0.311 e. The molecule has 0 amide bonds. The molecular formula is C13H24O3. The van der Waals surface area contributed by atoms with Crippen molar-refractivity contribution in [2.45, 2.75) is 40.0 Å². The topological polar surface area (TPSA) is 46.5 Å². The molecule has 1 fully saturated rings. The van der Waals surface area contributed by atoms with Gasteiger partial charge >= 0.3 is 5.97 Å². The first kappa shape index (κ1) is 13.5. The molecule has 0 aromatic rings. The molecule has 1 saturated carbocycles. The van der Waals surface area contributed by atoms with E-state index in [1.54, 1.807) is 0 Å². The van der Waals surface area contributed by atoms with Gasteiger partial charge in [0.25, 0.3) is 0 Å². The first-order chi connectivity index (χ1) is 7.39. The van der Waals surface area contributed by atoms with Crippen molar-refractivity contribution in [3.63, 3.8) is 0 Å². The van der Waals surface area contributed by atoms with Crippen LogP contribution in [0.25, 0.3) is 0 Å². The molecule has 0 aromatic heterocycles. The maximum Gasteiger partial charge on any atom is 0.311 e. The normalized spacial score (nSPS) is 30.8. The van der Waals surface area contributed by atoms with Crippen LogP contribution in [-0.4, -0.2) is 24.8 Å². The molecule has 0 aromatic carbocycles. The third-order valence-corrected chi connectivity index (χ3v) is 3.69. The van der Waals surface area contributed by atoms with Gasteiger partial charge in [0.15, 0.2) is 0 Å². The number of ether oxygens (including phenoxy) is 1. The average molecular weight is 228 g/mol. The predicted octanol–water partition coefficient (Wildman–Crippen LogP) is 2.23. The van der Waals surface area contributed by atoms with E-state index in [0.29, 0.717) is 5.92 Å². The van der Waals surface area contributed by atoms with Crippen LogP contribution in [-0.2, 0) is 9.53 Å². The van der Waals surface area contributed by atoms with Gasteiger partial charge in [-0.1, -0.05) is 20.8 Å². The summed E-state index contributed by atoms with van der Waals surface area (Å²) in [5.74, 6) is 0.271. The van der Waals surface area contributed by atoms with E-state index in [4.69, 9.17) is 4.74 Å². The number of hydrogen-bond acceptors (Lipinski definition) is 3. The van der Waals surface area contributed by atoms with Crippen molar-refractivity contribution < 1.29 is 14.6 Å². The fourth-order valence-electron chi connectivity index (χ4n) is 3.29. The third kappa shape index (κ3) is 3.21. The van der Waals surface area contributed by atoms with Gasteiger partial charge in [-0.2, -0.15) is 0 Å². The minimum absolute atomic E-state index is 0.0971. The molecule has 94 valence electrons. The van der Waals surface area contributed by atoms with Gasteiger partial charge in [0.2, 0.25) is 0 Å². The molecule has 16 heavy (non-hydrogen) atoms. The second-order valence-electron chi connectivity index (χ2n) is 5.99. The van der Waals surface area contributed by atoms with Crippen LogP contribution in [0.3, 0.4) is 0 Å². The van der Waals surface area contributed by atoms with Gasteiger partial charge in [-0.25, -0.2) is 0 Å². The number of aliphatic hydroxyl groups is 1. The monoisotopic (exact) mass is 228 g/mol. The number of aliphatic hydroxyl groups excluding tert-OH is 1. The molecule has 0 aliphatic heterocycles. The molecule has 1 aliphatic rings. The standard InChI is InChI=1S/C13H24O3/c1-9-5-10(7-13(2,3)6-9)11(8-14)12(15)16-4/h9-11,14H,5-8H2,1-4H3. The Kier molecular flexibility index (Phi) is 4.36. The van der Waals surface area contributed by atoms with Crippen molar-refractivity contribution in [3.8, 4) is 0 Å². The van der Waals surface area contributed by atoms with E-state index < -0.39 is 0 Å². The van der Waals surface area contributed by atoms with E-state index in [9.17, 15) is 9.90 Å². The molecule has 1 rings (SSSR count). The van der Waals surface area contributed by atoms with Crippen molar-refractivity contribution in [2.24, 2.45) is 23.2 Å². The Morgan fingerprint density at radius 1 is 1.50 bits per heavy atom. The molecule has 1 aliphatic carbocycles. The molecule has 3 atom stereocenters. The van der Waals surface area contributed by atoms with Crippen LogP contribution in [0, 0.1) is 23.2 Å². The number of carbonyl (C=O) groups is 1. The van der Waals surface area contributed by atoms with Gasteiger partial charge in [0.05, 0.1) is 19.6 Å². The van der Waals surface area contributed by atoms with Crippen molar-refractivity contribution in [1.82, 2.24) is 0 Å². The highest BCUT2D eigenvalue weighted by Gasteiger charge is 2.38. The van der Waals surface area contributed by atoms with E-state index in [0.717, 1.165) is 12.8 Å². The second-order valence-corrected chi connectivity index (χ2v) is 5.99. The molecule has 0 spiro atoms. The molecule has 0 radical (unpaired) electrons. The molecule has 0 bridgehead atoms. The SMILES string of the molecule is COC(=O)C(CO)C1CC(C)CC(C)(C)C1. The lowest BCUT2D eigenvalue weighted by Crippen LogP contribution is -2.36. The molecular weight excluding hydrogens is 204 g/mol. The van der Waals surface area contributed by atoms with E-state index in [-0.39, 0.29) is 29.8 Å². The van der Waals surface area contributed by atoms with Crippen LogP contribution in [0.2, 0.25) is 0 Å². The van der Waals surface area contributed by atoms with Crippen molar-refractivity contribution in [1.29, 1.82) is 0 Å². The first-order valence-corrected chi connectivity index (χ1v) is 6.08. The summed E-state index contributed by atoms with van der Waals surface area (Å²) in [6.45, 7) is 6.60. The van der Waals surface area contributed by atoms with Crippen LogP contribution in [0.4, 0.5) is 0 Å². The van der Waals surface area contributed by atoms with Gasteiger partial charge in [0.1, 0.15) is 0 Å². The minimum atomic E-state index is -0.341. The fourth-order valence-corrected chi connectivity index (χ4v) is 3.29. The highest BCUT2D eigenvalue weighted by atomic mass is 16.5. The Balaban J connectivity index is 2.73. The Hall–Kier alpha value is -0.570. The molecule has 3 unspecified atom stereocenters. The molecule has 0 saturated heterocycles. The van der Waals surface area contributed by atoms with Crippen molar-refractivity contribution in [2.75, 3.05) is 13.7 Å². The summed E-state index contributed by atoms with van der Waals surface area (Å²) in [7, 11) is 1.39. The quantitative estimate of drug-likeness (QED) is 0.753. The van der Waals surface area contributed by atoms with Gasteiger partial charge in [-0.05, 0) is 36.5 Å².